The third kappa shape index (κ3) is 3.51. The number of rotatable bonds is 2. The van der Waals surface area contributed by atoms with Crippen LogP contribution >= 0.6 is 0 Å². The second-order valence-electron chi connectivity index (χ2n) is 4.50. The molecule has 1 rings (SSSR count). The molecule has 0 aromatic carbocycles. The highest BCUT2D eigenvalue weighted by atomic mass is 16.6. The van der Waals surface area contributed by atoms with Gasteiger partial charge in [-0.3, -0.25) is 4.79 Å². The Labute approximate surface area is 93.6 Å². The maximum absolute atomic E-state index is 11.6. The second kappa shape index (κ2) is 4.49. The number of hydrogen-bond donors (Lipinski definition) is 2. The van der Waals surface area contributed by atoms with Crippen LogP contribution in [0.25, 0.3) is 0 Å². The smallest absolute Gasteiger partial charge is 0.328 e. The van der Waals surface area contributed by atoms with Crippen LogP contribution in [0.15, 0.2) is 23.1 Å². The van der Waals surface area contributed by atoms with Crippen molar-refractivity contribution in [2.75, 3.05) is 0 Å². The van der Waals surface area contributed by atoms with Crippen LogP contribution in [0.3, 0.4) is 0 Å². The minimum absolute atomic E-state index is 0.295. The van der Waals surface area contributed by atoms with Crippen LogP contribution in [-0.4, -0.2) is 16.6 Å². The molecule has 0 aliphatic heterocycles. The van der Waals surface area contributed by atoms with Crippen LogP contribution in [0.1, 0.15) is 32.4 Å². The molecule has 1 atom stereocenters. The van der Waals surface area contributed by atoms with Gasteiger partial charge in [-0.15, -0.1) is 0 Å². The van der Waals surface area contributed by atoms with Gasteiger partial charge < -0.3 is 15.5 Å². The monoisotopic (exact) mass is 224 g/mol. The number of hydrogen-bond acceptors (Lipinski definition) is 4. The average Bonchev–Trinajstić information content (AvgIpc) is 2.14. The molecule has 1 heterocycles. The van der Waals surface area contributed by atoms with Gasteiger partial charge in [0.2, 0.25) is 5.56 Å². The van der Waals surface area contributed by atoms with Crippen molar-refractivity contribution in [3.63, 3.8) is 0 Å². The first kappa shape index (κ1) is 12.4. The molecular weight excluding hydrogens is 208 g/mol. The van der Waals surface area contributed by atoms with E-state index in [4.69, 9.17) is 10.5 Å². The van der Waals surface area contributed by atoms with Crippen LogP contribution in [0, 0.1) is 0 Å². The molecule has 0 spiro atoms. The average molecular weight is 224 g/mol. The Morgan fingerprint density at radius 2 is 2.12 bits per heavy atom. The lowest BCUT2D eigenvalue weighted by atomic mass is 10.1. The fourth-order valence-electron chi connectivity index (χ4n) is 1.16. The van der Waals surface area contributed by atoms with E-state index in [1.54, 1.807) is 26.8 Å². The first-order valence-corrected chi connectivity index (χ1v) is 4.97. The Balaban J connectivity index is 2.82. The van der Waals surface area contributed by atoms with E-state index in [1.807, 2.05) is 0 Å². The molecule has 1 aromatic heterocycles. The van der Waals surface area contributed by atoms with E-state index in [2.05, 4.69) is 4.98 Å². The maximum Gasteiger partial charge on any atom is 0.328 e. The van der Waals surface area contributed by atoms with E-state index >= 15 is 0 Å². The molecule has 0 radical (unpaired) electrons. The topological polar surface area (TPSA) is 85.2 Å². The van der Waals surface area contributed by atoms with Crippen molar-refractivity contribution in [1.29, 1.82) is 0 Å². The summed E-state index contributed by atoms with van der Waals surface area (Å²) >= 11 is 0. The lowest BCUT2D eigenvalue weighted by Gasteiger charge is -2.22. The summed E-state index contributed by atoms with van der Waals surface area (Å²) in [6, 6.07) is 1.94. The predicted molar refractivity (Wildman–Crippen MR) is 59.8 cm³/mol. The largest absolute Gasteiger partial charge is 0.459 e. The lowest BCUT2D eigenvalue weighted by molar-refractivity contribution is -0.156. The summed E-state index contributed by atoms with van der Waals surface area (Å²) in [5, 5.41) is 0. The zero-order valence-corrected chi connectivity index (χ0v) is 9.61. The van der Waals surface area contributed by atoms with E-state index in [9.17, 15) is 9.59 Å². The molecule has 0 amide bonds. The van der Waals surface area contributed by atoms with Crippen molar-refractivity contribution >= 4 is 5.97 Å². The predicted octanol–water partition coefficient (Wildman–Crippen LogP) is 0.716. The van der Waals surface area contributed by atoms with Gasteiger partial charge in [0.05, 0.1) is 0 Å². The molecule has 1 unspecified atom stereocenters. The van der Waals surface area contributed by atoms with Gasteiger partial charge in [0.15, 0.2) is 0 Å². The molecule has 0 saturated carbocycles. The number of aromatic nitrogens is 1. The summed E-state index contributed by atoms with van der Waals surface area (Å²) in [6.07, 6.45) is 1.45. The van der Waals surface area contributed by atoms with Crippen LogP contribution in [0.2, 0.25) is 0 Å². The minimum Gasteiger partial charge on any atom is -0.459 e. The van der Waals surface area contributed by atoms with Crippen molar-refractivity contribution in [3.05, 3.63) is 34.2 Å². The molecule has 5 heteroatoms. The zero-order chi connectivity index (χ0) is 12.3. The zero-order valence-electron chi connectivity index (χ0n) is 9.61. The summed E-state index contributed by atoms with van der Waals surface area (Å²) in [6.45, 7) is 5.28. The van der Waals surface area contributed by atoms with Gasteiger partial charge >= 0.3 is 5.97 Å². The van der Waals surface area contributed by atoms with Crippen LogP contribution < -0.4 is 11.3 Å². The molecule has 0 bridgehead atoms. The second-order valence-corrected chi connectivity index (χ2v) is 4.50. The normalized spacial score (nSPS) is 13.2. The van der Waals surface area contributed by atoms with Gasteiger partial charge in [0.1, 0.15) is 11.6 Å². The van der Waals surface area contributed by atoms with Gasteiger partial charge in [0.25, 0.3) is 0 Å². The molecule has 16 heavy (non-hydrogen) atoms. The van der Waals surface area contributed by atoms with Gasteiger partial charge in [-0.25, -0.2) is 4.79 Å². The molecule has 1 aromatic rings. The van der Waals surface area contributed by atoms with Crippen LogP contribution in [-0.2, 0) is 9.53 Å². The molecule has 88 valence electrons. The molecule has 0 saturated heterocycles. The summed E-state index contributed by atoms with van der Waals surface area (Å²) in [5.74, 6) is -0.543. The number of ether oxygens (including phenoxy) is 1. The SMILES string of the molecule is CC(C)(C)OC(=O)C(N)c1cc[nH]c(=O)c1. The number of nitrogens with one attached hydrogen (secondary N) is 1. The highest BCUT2D eigenvalue weighted by Gasteiger charge is 2.23. The molecule has 0 aliphatic rings. The van der Waals surface area contributed by atoms with Gasteiger partial charge in [0, 0.05) is 12.3 Å². The Hall–Kier alpha value is -1.62. The Morgan fingerprint density at radius 1 is 1.50 bits per heavy atom. The standard InChI is InChI=1S/C11H16N2O3/c1-11(2,3)16-10(15)9(12)7-4-5-13-8(14)6-7/h4-6,9H,12H2,1-3H3,(H,13,14). The first-order valence-electron chi connectivity index (χ1n) is 4.97. The molecular formula is C11H16N2O3. The number of H-pyrrole nitrogens is 1. The van der Waals surface area contributed by atoms with E-state index in [1.165, 1.54) is 12.3 Å². The van der Waals surface area contributed by atoms with Crippen LogP contribution in [0.5, 0.6) is 0 Å². The van der Waals surface area contributed by atoms with E-state index in [-0.39, 0.29) is 5.56 Å². The number of esters is 1. The van der Waals surface area contributed by atoms with Gasteiger partial charge in [-0.2, -0.15) is 0 Å². The van der Waals surface area contributed by atoms with Crippen LogP contribution in [0.4, 0.5) is 0 Å². The third-order valence-electron chi connectivity index (χ3n) is 1.82. The minimum atomic E-state index is -0.929. The molecule has 5 nitrogen and oxygen atoms in total. The number of carbonyl (C=O) groups excluding carboxylic acids is 1. The Kier molecular flexibility index (Phi) is 3.49. The number of pyridine rings is 1. The molecule has 0 fully saturated rings. The quantitative estimate of drug-likeness (QED) is 0.725. The van der Waals surface area contributed by atoms with Crippen molar-refractivity contribution in [2.45, 2.75) is 32.4 Å². The van der Waals surface area contributed by atoms with E-state index < -0.39 is 17.6 Å². The first-order chi connectivity index (χ1) is 7.29. The van der Waals surface area contributed by atoms with E-state index in [0.29, 0.717) is 5.56 Å². The molecule has 3 N–H and O–H groups in total. The van der Waals surface area contributed by atoms with Crippen molar-refractivity contribution in [1.82, 2.24) is 4.98 Å². The summed E-state index contributed by atoms with van der Waals surface area (Å²) in [7, 11) is 0. The maximum atomic E-state index is 11.6. The Morgan fingerprint density at radius 3 is 2.62 bits per heavy atom. The van der Waals surface area contributed by atoms with Crippen molar-refractivity contribution in [2.24, 2.45) is 5.73 Å². The van der Waals surface area contributed by atoms with Gasteiger partial charge in [-0.05, 0) is 32.4 Å². The van der Waals surface area contributed by atoms with Gasteiger partial charge in [-0.1, -0.05) is 0 Å². The van der Waals surface area contributed by atoms with E-state index in [0.717, 1.165) is 0 Å². The van der Waals surface area contributed by atoms with Crippen molar-refractivity contribution < 1.29 is 9.53 Å². The third-order valence-corrected chi connectivity index (χ3v) is 1.82. The fraction of sp³-hybridized carbons (Fsp3) is 0.455. The number of aromatic amines is 1. The summed E-state index contributed by atoms with van der Waals surface area (Å²) in [5.41, 5.74) is 5.25. The number of carbonyl (C=O) groups is 1. The molecule has 0 aliphatic carbocycles. The number of nitrogens with two attached hydrogens (primary N) is 1. The Bertz CT molecular complexity index is 431. The summed E-state index contributed by atoms with van der Waals surface area (Å²) in [4.78, 5) is 25.1. The highest BCUT2D eigenvalue weighted by Crippen LogP contribution is 2.14. The summed E-state index contributed by atoms with van der Waals surface area (Å²) < 4.78 is 5.12. The highest BCUT2D eigenvalue weighted by molar-refractivity contribution is 5.77. The lowest BCUT2D eigenvalue weighted by Crippen LogP contribution is -2.32. The fourth-order valence-corrected chi connectivity index (χ4v) is 1.16. The van der Waals surface area contributed by atoms with Crippen molar-refractivity contribution in [3.8, 4) is 0 Å².